The lowest BCUT2D eigenvalue weighted by atomic mass is 9.94. The summed E-state index contributed by atoms with van der Waals surface area (Å²) >= 11 is 0. The van der Waals surface area contributed by atoms with Crippen LogP contribution >= 0.6 is 0 Å². The summed E-state index contributed by atoms with van der Waals surface area (Å²) in [6, 6.07) is 17.4. The maximum absolute atomic E-state index is 13.5. The van der Waals surface area contributed by atoms with Crippen LogP contribution in [0.5, 0.6) is 11.5 Å². The molecule has 1 aliphatic rings. The smallest absolute Gasteiger partial charge is 0.300 e. The van der Waals surface area contributed by atoms with E-state index in [0.29, 0.717) is 34.9 Å². The van der Waals surface area contributed by atoms with Crippen molar-refractivity contribution < 1.29 is 24.2 Å². The van der Waals surface area contributed by atoms with E-state index < -0.39 is 17.7 Å². The summed E-state index contributed by atoms with van der Waals surface area (Å²) in [4.78, 5) is 28.4. The minimum Gasteiger partial charge on any atom is -0.507 e. The molecule has 4 rings (SSSR count). The number of aliphatic hydroxyl groups is 1. The van der Waals surface area contributed by atoms with E-state index in [9.17, 15) is 14.7 Å². The summed E-state index contributed by atoms with van der Waals surface area (Å²) in [5.41, 5.74) is 4.57. The zero-order valence-corrected chi connectivity index (χ0v) is 20.6. The van der Waals surface area contributed by atoms with Crippen molar-refractivity contribution in [3.05, 3.63) is 94.1 Å². The third kappa shape index (κ3) is 4.39. The molecule has 0 aliphatic carbocycles. The summed E-state index contributed by atoms with van der Waals surface area (Å²) in [6.07, 6.45) is 0. The van der Waals surface area contributed by atoms with E-state index in [1.165, 1.54) is 4.90 Å². The fourth-order valence-electron chi connectivity index (χ4n) is 4.37. The molecule has 1 unspecified atom stereocenters. The quantitative estimate of drug-likeness (QED) is 0.286. The Hall–Kier alpha value is -4.06. The van der Waals surface area contributed by atoms with Crippen molar-refractivity contribution in [1.29, 1.82) is 0 Å². The molecule has 180 valence electrons. The van der Waals surface area contributed by atoms with E-state index in [2.05, 4.69) is 0 Å². The number of rotatable bonds is 6. The molecule has 1 aliphatic heterocycles. The van der Waals surface area contributed by atoms with Gasteiger partial charge < -0.3 is 14.6 Å². The minimum absolute atomic E-state index is 0.0346. The van der Waals surface area contributed by atoms with Crippen molar-refractivity contribution in [2.75, 3.05) is 18.6 Å². The predicted molar refractivity (Wildman–Crippen MR) is 136 cm³/mol. The standard InChI is InChI=1S/C29H29NO5/c1-6-35-24-16-21(13-14-23(24)34-5)26-25(27(31)20-11-8-17(2)9-12-20)28(32)29(33)30(26)22-15-18(3)7-10-19(22)4/h7-16,26,31H,6H2,1-5H3/b27-25-. The van der Waals surface area contributed by atoms with E-state index in [4.69, 9.17) is 9.47 Å². The second-order valence-electron chi connectivity index (χ2n) is 8.67. The first-order valence-corrected chi connectivity index (χ1v) is 11.5. The van der Waals surface area contributed by atoms with E-state index in [-0.39, 0.29) is 11.3 Å². The molecular weight excluding hydrogens is 442 g/mol. The second-order valence-corrected chi connectivity index (χ2v) is 8.67. The number of hydrogen-bond donors (Lipinski definition) is 1. The molecule has 0 saturated carbocycles. The van der Waals surface area contributed by atoms with Gasteiger partial charge in [0.15, 0.2) is 11.5 Å². The van der Waals surface area contributed by atoms with Gasteiger partial charge in [-0.25, -0.2) is 0 Å². The third-order valence-electron chi connectivity index (χ3n) is 6.20. The van der Waals surface area contributed by atoms with Gasteiger partial charge in [-0.15, -0.1) is 0 Å². The van der Waals surface area contributed by atoms with E-state index in [0.717, 1.165) is 16.7 Å². The molecule has 1 amide bonds. The number of ether oxygens (including phenoxy) is 2. The van der Waals surface area contributed by atoms with Gasteiger partial charge in [-0.1, -0.05) is 48.0 Å². The predicted octanol–water partition coefficient (Wildman–Crippen LogP) is 5.65. The number of anilines is 1. The summed E-state index contributed by atoms with van der Waals surface area (Å²) < 4.78 is 11.2. The van der Waals surface area contributed by atoms with E-state index in [1.54, 1.807) is 37.4 Å². The van der Waals surface area contributed by atoms with E-state index >= 15 is 0 Å². The Balaban J connectivity index is 1.99. The normalized spacial score (nSPS) is 17.1. The Morgan fingerprint density at radius 2 is 1.60 bits per heavy atom. The molecular formula is C29H29NO5. The molecule has 0 aromatic heterocycles. The van der Waals surface area contributed by atoms with Gasteiger partial charge in [0.1, 0.15) is 5.76 Å². The fraction of sp³-hybridized carbons (Fsp3) is 0.241. The van der Waals surface area contributed by atoms with Crippen LogP contribution < -0.4 is 14.4 Å². The van der Waals surface area contributed by atoms with Crippen molar-refractivity contribution in [3.8, 4) is 11.5 Å². The number of ketones is 1. The molecule has 1 saturated heterocycles. The van der Waals surface area contributed by atoms with Gasteiger partial charge in [-0.2, -0.15) is 0 Å². The average Bonchev–Trinajstić information content (AvgIpc) is 3.11. The molecule has 0 radical (unpaired) electrons. The zero-order chi connectivity index (χ0) is 25.3. The third-order valence-corrected chi connectivity index (χ3v) is 6.20. The van der Waals surface area contributed by atoms with Gasteiger partial charge in [0.05, 0.1) is 25.3 Å². The number of amides is 1. The Kier molecular flexibility index (Phi) is 6.65. The van der Waals surface area contributed by atoms with Crippen LogP contribution in [0.1, 0.15) is 40.8 Å². The number of hydrogen-bond acceptors (Lipinski definition) is 5. The van der Waals surface area contributed by atoms with E-state index in [1.807, 2.05) is 58.0 Å². The number of methoxy groups -OCH3 is 1. The van der Waals surface area contributed by atoms with Crippen LogP contribution in [0.15, 0.2) is 66.2 Å². The second kappa shape index (κ2) is 9.66. The first-order valence-electron chi connectivity index (χ1n) is 11.5. The van der Waals surface area contributed by atoms with Gasteiger partial charge in [-0.05, 0) is 62.6 Å². The van der Waals surface area contributed by atoms with Crippen LogP contribution in [0, 0.1) is 20.8 Å². The highest BCUT2D eigenvalue weighted by Gasteiger charge is 2.47. The van der Waals surface area contributed by atoms with Gasteiger partial charge in [0, 0.05) is 11.3 Å². The van der Waals surface area contributed by atoms with Gasteiger partial charge >= 0.3 is 0 Å². The summed E-state index contributed by atoms with van der Waals surface area (Å²) in [5.74, 6) is -0.601. The lowest BCUT2D eigenvalue weighted by Gasteiger charge is -2.27. The summed E-state index contributed by atoms with van der Waals surface area (Å²) in [7, 11) is 1.55. The molecule has 6 heteroatoms. The number of aryl methyl sites for hydroxylation is 3. The van der Waals surface area contributed by atoms with Gasteiger partial charge in [0.25, 0.3) is 11.7 Å². The SMILES string of the molecule is CCOc1cc(C2/C(=C(/O)c3ccc(C)cc3)C(=O)C(=O)N2c2cc(C)ccc2C)ccc1OC. The molecule has 1 N–H and O–H groups in total. The number of nitrogens with zero attached hydrogens (tertiary/aromatic N) is 1. The largest absolute Gasteiger partial charge is 0.507 e. The topological polar surface area (TPSA) is 76.1 Å². The maximum atomic E-state index is 13.5. The average molecular weight is 472 g/mol. The molecule has 3 aromatic rings. The molecule has 0 bridgehead atoms. The highest BCUT2D eigenvalue weighted by atomic mass is 16.5. The van der Waals surface area contributed by atoms with Crippen molar-refractivity contribution in [1.82, 2.24) is 0 Å². The van der Waals surface area contributed by atoms with Crippen molar-refractivity contribution in [2.24, 2.45) is 0 Å². The lowest BCUT2D eigenvalue weighted by Crippen LogP contribution is -2.30. The van der Waals surface area contributed by atoms with Crippen molar-refractivity contribution >= 4 is 23.1 Å². The van der Waals surface area contributed by atoms with Crippen LogP contribution in [-0.2, 0) is 9.59 Å². The van der Waals surface area contributed by atoms with Crippen LogP contribution in [0.4, 0.5) is 5.69 Å². The van der Waals surface area contributed by atoms with Gasteiger partial charge in [-0.3, -0.25) is 14.5 Å². The number of aliphatic hydroxyl groups excluding tert-OH is 1. The van der Waals surface area contributed by atoms with Gasteiger partial charge in [0.2, 0.25) is 0 Å². The highest BCUT2D eigenvalue weighted by molar-refractivity contribution is 6.51. The Morgan fingerprint density at radius 3 is 2.26 bits per heavy atom. The molecule has 35 heavy (non-hydrogen) atoms. The first-order chi connectivity index (χ1) is 16.8. The zero-order valence-electron chi connectivity index (χ0n) is 20.6. The molecule has 1 heterocycles. The number of Topliss-reactive ketones (excluding diaryl/α,β-unsaturated/α-hetero) is 1. The number of benzene rings is 3. The number of carbonyl (C=O) groups excluding carboxylic acids is 2. The molecule has 3 aromatic carbocycles. The molecule has 1 fully saturated rings. The van der Waals surface area contributed by atoms with Crippen LogP contribution in [-0.4, -0.2) is 30.5 Å². The Labute approximate surface area is 205 Å². The maximum Gasteiger partial charge on any atom is 0.300 e. The first kappa shape index (κ1) is 24.1. The van der Waals surface area contributed by atoms with Crippen LogP contribution in [0.25, 0.3) is 5.76 Å². The minimum atomic E-state index is -0.845. The fourth-order valence-corrected chi connectivity index (χ4v) is 4.37. The summed E-state index contributed by atoms with van der Waals surface area (Å²) in [5, 5.41) is 11.3. The van der Waals surface area contributed by atoms with Crippen LogP contribution in [0.2, 0.25) is 0 Å². The van der Waals surface area contributed by atoms with Crippen LogP contribution in [0.3, 0.4) is 0 Å². The molecule has 1 atom stereocenters. The molecule has 6 nitrogen and oxygen atoms in total. The Morgan fingerprint density at radius 1 is 0.914 bits per heavy atom. The highest BCUT2D eigenvalue weighted by Crippen LogP contribution is 2.45. The van der Waals surface area contributed by atoms with Crippen molar-refractivity contribution in [3.63, 3.8) is 0 Å². The summed E-state index contributed by atoms with van der Waals surface area (Å²) in [6.45, 7) is 8.05. The molecule has 0 spiro atoms. The Bertz CT molecular complexity index is 1320. The lowest BCUT2D eigenvalue weighted by molar-refractivity contribution is -0.132. The van der Waals surface area contributed by atoms with Crippen molar-refractivity contribution in [2.45, 2.75) is 33.7 Å². The monoisotopic (exact) mass is 471 g/mol. The number of carbonyl (C=O) groups is 2.